The predicted molar refractivity (Wildman–Crippen MR) is 59.4 cm³/mol. The van der Waals surface area contributed by atoms with Crippen molar-refractivity contribution in [2.75, 3.05) is 26.9 Å². The zero-order valence-corrected chi connectivity index (χ0v) is 9.97. The van der Waals surface area contributed by atoms with E-state index < -0.39 is 0 Å². The van der Waals surface area contributed by atoms with E-state index in [1.165, 1.54) is 0 Å². The highest BCUT2D eigenvalue weighted by atomic mass is 16.5. The second kappa shape index (κ2) is 7.21. The summed E-state index contributed by atoms with van der Waals surface area (Å²) in [6.45, 7) is 8.56. The molecule has 86 valence electrons. The fourth-order valence-electron chi connectivity index (χ4n) is 1.41. The van der Waals surface area contributed by atoms with Gasteiger partial charge in [-0.05, 0) is 25.2 Å². The van der Waals surface area contributed by atoms with Gasteiger partial charge in [-0.2, -0.15) is 0 Å². The van der Waals surface area contributed by atoms with E-state index in [0.717, 1.165) is 26.0 Å². The molecule has 0 aromatic carbocycles. The van der Waals surface area contributed by atoms with E-state index in [1.54, 1.807) is 7.11 Å². The Hall–Kier alpha value is -0.120. The van der Waals surface area contributed by atoms with Gasteiger partial charge in [0.2, 0.25) is 0 Å². The Morgan fingerprint density at radius 3 is 2.57 bits per heavy atom. The average Bonchev–Trinajstić information content (AvgIpc) is 2.13. The summed E-state index contributed by atoms with van der Waals surface area (Å²) in [7, 11) is 1.72. The van der Waals surface area contributed by atoms with Gasteiger partial charge in [-0.1, -0.05) is 13.8 Å². The number of methoxy groups -OCH3 is 1. The van der Waals surface area contributed by atoms with Gasteiger partial charge >= 0.3 is 0 Å². The minimum Gasteiger partial charge on any atom is -0.396 e. The summed E-state index contributed by atoms with van der Waals surface area (Å²) >= 11 is 0. The summed E-state index contributed by atoms with van der Waals surface area (Å²) in [5, 5.41) is 12.2. The molecule has 0 radical (unpaired) electrons. The summed E-state index contributed by atoms with van der Waals surface area (Å²) in [4.78, 5) is 0. The molecule has 0 saturated heterocycles. The van der Waals surface area contributed by atoms with E-state index in [2.05, 4.69) is 26.1 Å². The number of nitrogens with one attached hydrogen (secondary N) is 1. The maximum atomic E-state index is 8.75. The van der Waals surface area contributed by atoms with Crippen LogP contribution in [0.25, 0.3) is 0 Å². The number of ether oxygens (including phenoxy) is 1. The number of aliphatic hydroxyl groups is 1. The standard InChI is InChI=1S/C11H25NO2/c1-10(8-14-4)12-9-11(2,3)6-5-7-13/h10,12-13H,5-9H2,1-4H3. The van der Waals surface area contributed by atoms with E-state index in [1.807, 2.05) is 0 Å². The third-order valence-electron chi connectivity index (χ3n) is 2.36. The molecule has 0 rings (SSSR count). The largest absolute Gasteiger partial charge is 0.396 e. The molecule has 3 nitrogen and oxygen atoms in total. The van der Waals surface area contributed by atoms with Crippen molar-refractivity contribution < 1.29 is 9.84 Å². The highest BCUT2D eigenvalue weighted by Gasteiger charge is 2.17. The van der Waals surface area contributed by atoms with Gasteiger partial charge in [0, 0.05) is 26.3 Å². The second-order valence-electron chi connectivity index (χ2n) is 4.73. The van der Waals surface area contributed by atoms with Crippen molar-refractivity contribution in [2.45, 2.75) is 39.7 Å². The third kappa shape index (κ3) is 7.30. The van der Waals surface area contributed by atoms with Crippen LogP contribution in [-0.2, 0) is 4.74 Å². The van der Waals surface area contributed by atoms with Gasteiger partial charge < -0.3 is 15.2 Å². The Kier molecular flexibility index (Phi) is 7.15. The topological polar surface area (TPSA) is 41.5 Å². The summed E-state index contributed by atoms with van der Waals surface area (Å²) < 4.78 is 5.05. The molecule has 0 bridgehead atoms. The van der Waals surface area contributed by atoms with Gasteiger partial charge in [-0.3, -0.25) is 0 Å². The monoisotopic (exact) mass is 203 g/mol. The van der Waals surface area contributed by atoms with Gasteiger partial charge in [0.15, 0.2) is 0 Å². The van der Waals surface area contributed by atoms with Gasteiger partial charge in [0.1, 0.15) is 0 Å². The molecule has 0 fully saturated rings. The number of hydrogen-bond acceptors (Lipinski definition) is 3. The Morgan fingerprint density at radius 2 is 2.07 bits per heavy atom. The normalized spacial score (nSPS) is 14.4. The molecule has 0 saturated carbocycles. The van der Waals surface area contributed by atoms with Crippen molar-refractivity contribution >= 4 is 0 Å². The van der Waals surface area contributed by atoms with Crippen molar-refractivity contribution in [3.05, 3.63) is 0 Å². The molecule has 0 aromatic rings. The molecule has 0 amide bonds. The molecule has 0 aliphatic carbocycles. The van der Waals surface area contributed by atoms with E-state index in [9.17, 15) is 0 Å². The molecule has 0 aliphatic rings. The van der Waals surface area contributed by atoms with Crippen LogP contribution in [0.2, 0.25) is 0 Å². The fourth-order valence-corrected chi connectivity index (χ4v) is 1.41. The minimum atomic E-state index is 0.255. The smallest absolute Gasteiger partial charge is 0.0613 e. The van der Waals surface area contributed by atoms with Crippen LogP contribution in [0.4, 0.5) is 0 Å². The van der Waals surface area contributed by atoms with Crippen LogP contribution in [0.15, 0.2) is 0 Å². The van der Waals surface area contributed by atoms with Crippen LogP contribution in [0, 0.1) is 5.41 Å². The Balaban J connectivity index is 3.63. The van der Waals surface area contributed by atoms with E-state index in [-0.39, 0.29) is 12.0 Å². The van der Waals surface area contributed by atoms with Gasteiger partial charge in [0.25, 0.3) is 0 Å². The summed E-state index contributed by atoms with van der Waals surface area (Å²) in [6, 6.07) is 0.397. The molecule has 2 N–H and O–H groups in total. The van der Waals surface area contributed by atoms with E-state index in [4.69, 9.17) is 9.84 Å². The predicted octanol–water partition coefficient (Wildman–Crippen LogP) is 1.41. The van der Waals surface area contributed by atoms with Crippen molar-refractivity contribution in [1.82, 2.24) is 5.32 Å². The molecule has 14 heavy (non-hydrogen) atoms. The Labute approximate surface area is 87.8 Å². The lowest BCUT2D eigenvalue weighted by Gasteiger charge is -2.26. The number of hydrogen-bond donors (Lipinski definition) is 2. The first-order valence-electron chi connectivity index (χ1n) is 5.35. The van der Waals surface area contributed by atoms with Crippen LogP contribution >= 0.6 is 0 Å². The summed E-state index contributed by atoms with van der Waals surface area (Å²) in [5.41, 5.74) is 0.255. The van der Waals surface area contributed by atoms with Crippen molar-refractivity contribution in [3.63, 3.8) is 0 Å². The minimum absolute atomic E-state index is 0.255. The molecule has 1 unspecified atom stereocenters. The molecular formula is C11H25NO2. The molecule has 0 aromatic heterocycles. The first-order valence-corrected chi connectivity index (χ1v) is 5.35. The first-order chi connectivity index (χ1) is 6.52. The van der Waals surface area contributed by atoms with Crippen LogP contribution < -0.4 is 5.32 Å². The lowest BCUT2D eigenvalue weighted by atomic mass is 9.87. The van der Waals surface area contributed by atoms with Crippen LogP contribution in [0.3, 0.4) is 0 Å². The summed E-state index contributed by atoms with van der Waals surface area (Å²) in [6.07, 6.45) is 1.93. The first kappa shape index (κ1) is 13.9. The maximum absolute atomic E-state index is 8.75. The van der Waals surface area contributed by atoms with Gasteiger partial charge in [-0.15, -0.1) is 0 Å². The molecule has 0 aliphatic heterocycles. The van der Waals surface area contributed by atoms with Crippen molar-refractivity contribution in [2.24, 2.45) is 5.41 Å². The average molecular weight is 203 g/mol. The Bertz CT molecular complexity index is 137. The number of rotatable bonds is 8. The molecular weight excluding hydrogens is 178 g/mol. The second-order valence-corrected chi connectivity index (χ2v) is 4.73. The molecule has 3 heteroatoms. The maximum Gasteiger partial charge on any atom is 0.0613 e. The number of aliphatic hydroxyl groups excluding tert-OH is 1. The molecule has 0 spiro atoms. The highest BCUT2D eigenvalue weighted by Crippen LogP contribution is 2.20. The van der Waals surface area contributed by atoms with Crippen molar-refractivity contribution in [3.8, 4) is 0 Å². The molecule has 0 heterocycles. The van der Waals surface area contributed by atoms with Crippen LogP contribution in [-0.4, -0.2) is 38.0 Å². The zero-order chi connectivity index (χ0) is 11.0. The third-order valence-corrected chi connectivity index (χ3v) is 2.36. The lowest BCUT2D eigenvalue weighted by Crippen LogP contribution is -2.37. The fraction of sp³-hybridized carbons (Fsp3) is 1.00. The quantitative estimate of drug-likeness (QED) is 0.627. The highest BCUT2D eigenvalue weighted by molar-refractivity contribution is 4.73. The van der Waals surface area contributed by atoms with E-state index in [0.29, 0.717) is 6.04 Å². The SMILES string of the molecule is COCC(C)NCC(C)(C)CCCO. The van der Waals surface area contributed by atoms with Gasteiger partial charge in [0.05, 0.1) is 6.61 Å². The van der Waals surface area contributed by atoms with Crippen LogP contribution in [0.1, 0.15) is 33.6 Å². The molecule has 1 atom stereocenters. The van der Waals surface area contributed by atoms with E-state index >= 15 is 0 Å². The van der Waals surface area contributed by atoms with Gasteiger partial charge in [-0.25, -0.2) is 0 Å². The van der Waals surface area contributed by atoms with Crippen molar-refractivity contribution in [1.29, 1.82) is 0 Å². The Morgan fingerprint density at radius 1 is 1.43 bits per heavy atom. The van der Waals surface area contributed by atoms with Crippen LogP contribution in [0.5, 0.6) is 0 Å². The lowest BCUT2D eigenvalue weighted by molar-refractivity contribution is 0.161. The zero-order valence-electron chi connectivity index (χ0n) is 9.97. The summed E-state index contributed by atoms with van der Waals surface area (Å²) in [5.74, 6) is 0.